The zero-order valence-corrected chi connectivity index (χ0v) is 14.3. The molecule has 1 unspecified atom stereocenters. The highest BCUT2D eigenvalue weighted by atomic mass is 19.1. The van der Waals surface area contributed by atoms with Gasteiger partial charge >= 0.3 is 0 Å². The van der Waals surface area contributed by atoms with Gasteiger partial charge in [0.05, 0.1) is 12.6 Å². The van der Waals surface area contributed by atoms with E-state index in [1.54, 1.807) is 24.3 Å². The van der Waals surface area contributed by atoms with Crippen LogP contribution in [0.1, 0.15) is 36.9 Å². The van der Waals surface area contributed by atoms with Crippen LogP contribution in [0.5, 0.6) is 5.75 Å². The first kappa shape index (κ1) is 17.2. The molecular formula is C21H22FNO2. The highest BCUT2D eigenvalue weighted by Gasteiger charge is 2.28. The molecule has 0 spiro atoms. The molecule has 3 nitrogen and oxygen atoms in total. The van der Waals surface area contributed by atoms with Crippen LogP contribution >= 0.6 is 0 Å². The first-order valence-electron chi connectivity index (χ1n) is 8.65. The van der Waals surface area contributed by atoms with E-state index < -0.39 is 0 Å². The molecule has 1 atom stereocenters. The van der Waals surface area contributed by atoms with Crippen molar-refractivity contribution in [3.05, 3.63) is 71.6 Å². The quantitative estimate of drug-likeness (QED) is 0.745. The Morgan fingerprint density at radius 3 is 2.76 bits per heavy atom. The second-order valence-corrected chi connectivity index (χ2v) is 6.05. The Balaban J connectivity index is 1.75. The van der Waals surface area contributed by atoms with E-state index in [1.807, 2.05) is 36.1 Å². The summed E-state index contributed by atoms with van der Waals surface area (Å²) >= 11 is 0. The third-order valence-electron chi connectivity index (χ3n) is 4.41. The van der Waals surface area contributed by atoms with E-state index in [0.717, 1.165) is 36.3 Å². The third-order valence-corrected chi connectivity index (χ3v) is 4.41. The van der Waals surface area contributed by atoms with Crippen molar-refractivity contribution < 1.29 is 13.9 Å². The topological polar surface area (TPSA) is 29.5 Å². The van der Waals surface area contributed by atoms with Gasteiger partial charge in [-0.1, -0.05) is 30.3 Å². The molecule has 4 heteroatoms. The monoisotopic (exact) mass is 339 g/mol. The van der Waals surface area contributed by atoms with Gasteiger partial charge in [0.15, 0.2) is 0 Å². The van der Waals surface area contributed by atoms with Crippen molar-refractivity contribution in [1.29, 1.82) is 0 Å². The summed E-state index contributed by atoms with van der Waals surface area (Å²) in [5.41, 5.74) is 1.87. The summed E-state index contributed by atoms with van der Waals surface area (Å²) in [4.78, 5) is 14.5. The molecule has 1 aliphatic rings. The van der Waals surface area contributed by atoms with Crippen LogP contribution in [-0.4, -0.2) is 24.0 Å². The van der Waals surface area contributed by atoms with Crippen LogP contribution < -0.4 is 4.74 Å². The summed E-state index contributed by atoms with van der Waals surface area (Å²) in [6.45, 7) is 3.24. The molecular weight excluding hydrogens is 317 g/mol. The van der Waals surface area contributed by atoms with Gasteiger partial charge in [-0.05, 0) is 49.6 Å². The van der Waals surface area contributed by atoms with Crippen molar-refractivity contribution in [1.82, 2.24) is 4.90 Å². The van der Waals surface area contributed by atoms with Crippen LogP contribution in [0.2, 0.25) is 0 Å². The van der Waals surface area contributed by atoms with Crippen LogP contribution in [0, 0.1) is 5.82 Å². The molecule has 0 aliphatic carbocycles. The first-order valence-corrected chi connectivity index (χ1v) is 8.65. The van der Waals surface area contributed by atoms with Gasteiger partial charge in [0.25, 0.3) is 0 Å². The highest BCUT2D eigenvalue weighted by molar-refractivity contribution is 5.92. The standard InChI is InChI=1S/C21H22FNO2/c1-2-25-20-8-4-3-6-17(20)11-14-21(24)23-15-5-7-19(23)16-9-12-18(22)13-10-16/h3-4,6,8-14,19H,2,5,7,15H2,1H3/b14-11+. The fourth-order valence-electron chi connectivity index (χ4n) is 3.22. The van der Waals surface area contributed by atoms with E-state index in [4.69, 9.17) is 4.74 Å². The largest absolute Gasteiger partial charge is 0.493 e. The molecule has 1 amide bonds. The maximum atomic E-state index is 13.1. The van der Waals surface area contributed by atoms with Gasteiger partial charge in [-0.2, -0.15) is 0 Å². The molecule has 0 bridgehead atoms. The Labute approximate surface area is 147 Å². The molecule has 2 aromatic rings. The van der Waals surface area contributed by atoms with E-state index in [-0.39, 0.29) is 17.8 Å². The van der Waals surface area contributed by atoms with E-state index >= 15 is 0 Å². The van der Waals surface area contributed by atoms with Gasteiger partial charge in [0, 0.05) is 18.2 Å². The lowest BCUT2D eigenvalue weighted by Crippen LogP contribution is -2.28. The molecule has 0 aromatic heterocycles. The molecule has 1 heterocycles. The molecule has 25 heavy (non-hydrogen) atoms. The third kappa shape index (κ3) is 4.08. The van der Waals surface area contributed by atoms with Gasteiger partial charge in [-0.25, -0.2) is 4.39 Å². The summed E-state index contributed by atoms with van der Waals surface area (Å²) in [5.74, 6) is 0.482. The second kappa shape index (κ2) is 7.97. The molecule has 3 rings (SSSR count). The Bertz CT molecular complexity index is 755. The van der Waals surface area contributed by atoms with Crippen molar-refractivity contribution in [2.75, 3.05) is 13.2 Å². The minimum atomic E-state index is -0.257. The van der Waals surface area contributed by atoms with Crippen molar-refractivity contribution >= 4 is 12.0 Å². The summed E-state index contributed by atoms with van der Waals surface area (Å²) in [6.07, 6.45) is 5.25. The molecule has 1 aliphatic heterocycles. The molecule has 0 saturated carbocycles. The lowest BCUT2D eigenvalue weighted by atomic mass is 10.0. The van der Waals surface area contributed by atoms with Crippen LogP contribution in [0.4, 0.5) is 4.39 Å². The number of benzene rings is 2. The van der Waals surface area contributed by atoms with E-state index in [0.29, 0.717) is 6.61 Å². The number of carbonyl (C=O) groups is 1. The lowest BCUT2D eigenvalue weighted by Gasteiger charge is -2.24. The molecule has 1 fully saturated rings. The van der Waals surface area contributed by atoms with E-state index in [2.05, 4.69) is 0 Å². The summed E-state index contributed by atoms with van der Waals surface area (Å²) in [5, 5.41) is 0. The van der Waals surface area contributed by atoms with Gasteiger partial charge < -0.3 is 9.64 Å². The van der Waals surface area contributed by atoms with Crippen molar-refractivity contribution in [3.63, 3.8) is 0 Å². The summed E-state index contributed by atoms with van der Waals surface area (Å²) in [7, 11) is 0. The zero-order chi connectivity index (χ0) is 17.6. The Hall–Kier alpha value is -2.62. The van der Waals surface area contributed by atoms with Gasteiger partial charge in [-0.3, -0.25) is 4.79 Å². The fraction of sp³-hybridized carbons (Fsp3) is 0.286. The predicted molar refractivity (Wildman–Crippen MR) is 96.7 cm³/mol. The van der Waals surface area contributed by atoms with Crippen molar-refractivity contribution in [2.45, 2.75) is 25.8 Å². The van der Waals surface area contributed by atoms with Crippen LogP contribution in [-0.2, 0) is 4.79 Å². The number of ether oxygens (including phenoxy) is 1. The maximum absolute atomic E-state index is 13.1. The molecule has 130 valence electrons. The molecule has 2 aromatic carbocycles. The Morgan fingerprint density at radius 1 is 1.24 bits per heavy atom. The smallest absolute Gasteiger partial charge is 0.247 e. The number of amides is 1. The fourth-order valence-corrected chi connectivity index (χ4v) is 3.22. The number of hydrogen-bond acceptors (Lipinski definition) is 2. The maximum Gasteiger partial charge on any atom is 0.247 e. The number of likely N-dealkylation sites (tertiary alicyclic amines) is 1. The number of carbonyl (C=O) groups excluding carboxylic acids is 1. The van der Waals surface area contributed by atoms with Gasteiger partial charge in [0.2, 0.25) is 5.91 Å². The lowest BCUT2D eigenvalue weighted by molar-refractivity contribution is -0.126. The average Bonchev–Trinajstić information content (AvgIpc) is 3.11. The predicted octanol–water partition coefficient (Wildman–Crippen LogP) is 4.60. The highest BCUT2D eigenvalue weighted by Crippen LogP contribution is 2.32. The van der Waals surface area contributed by atoms with E-state index in [1.165, 1.54) is 12.1 Å². The number of halogens is 1. The van der Waals surface area contributed by atoms with E-state index in [9.17, 15) is 9.18 Å². The number of nitrogens with zero attached hydrogens (tertiary/aromatic N) is 1. The normalized spacial score (nSPS) is 17.2. The summed E-state index contributed by atoms with van der Waals surface area (Å²) in [6, 6.07) is 14.1. The minimum Gasteiger partial charge on any atom is -0.493 e. The summed E-state index contributed by atoms with van der Waals surface area (Å²) < 4.78 is 18.7. The zero-order valence-electron chi connectivity index (χ0n) is 14.3. The number of rotatable bonds is 5. The second-order valence-electron chi connectivity index (χ2n) is 6.05. The Kier molecular flexibility index (Phi) is 5.49. The first-order chi connectivity index (χ1) is 12.2. The van der Waals surface area contributed by atoms with Crippen LogP contribution in [0.15, 0.2) is 54.6 Å². The SMILES string of the molecule is CCOc1ccccc1/C=C/C(=O)N1CCCC1c1ccc(F)cc1. The van der Waals surface area contributed by atoms with Crippen LogP contribution in [0.3, 0.4) is 0 Å². The molecule has 1 saturated heterocycles. The Morgan fingerprint density at radius 2 is 2.00 bits per heavy atom. The van der Waals surface area contributed by atoms with Crippen molar-refractivity contribution in [3.8, 4) is 5.75 Å². The number of hydrogen-bond donors (Lipinski definition) is 0. The minimum absolute atomic E-state index is 0.0138. The van der Waals surface area contributed by atoms with Crippen molar-refractivity contribution in [2.24, 2.45) is 0 Å². The molecule has 0 N–H and O–H groups in total. The average molecular weight is 339 g/mol. The van der Waals surface area contributed by atoms with Gasteiger partial charge in [-0.15, -0.1) is 0 Å². The van der Waals surface area contributed by atoms with Crippen LogP contribution in [0.25, 0.3) is 6.08 Å². The molecule has 0 radical (unpaired) electrons. The number of para-hydroxylation sites is 1. The van der Waals surface area contributed by atoms with Gasteiger partial charge in [0.1, 0.15) is 11.6 Å².